The molecule has 0 saturated heterocycles. The maximum Gasteiger partial charge on any atom is 0.0938 e. The Morgan fingerprint density at radius 3 is 2.68 bits per heavy atom. The average molecular weight is 334 g/mol. The van der Waals surface area contributed by atoms with Crippen molar-refractivity contribution < 1.29 is 0 Å². The van der Waals surface area contributed by atoms with Crippen LogP contribution in [0.2, 0.25) is 5.02 Å². The van der Waals surface area contributed by atoms with E-state index >= 15 is 0 Å². The summed E-state index contributed by atoms with van der Waals surface area (Å²) in [6.45, 7) is 1.97. The van der Waals surface area contributed by atoms with E-state index in [4.69, 9.17) is 16.6 Å². The Kier molecular flexibility index (Phi) is 3.25. The summed E-state index contributed by atoms with van der Waals surface area (Å²) in [5.74, 6) is 0. The van der Waals surface area contributed by atoms with Gasteiger partial charge in [0.1, 0.15) is 0 Å². The third-order valence-corrected chi connectivity index (χ3v) is 4.17. The summed E-state index contributed by atoms with van der Waals surface area (Å²) in [6, 6.07) is 11.7. The highest BCUT2D eigenvalue weighted by molar-refractivity contribution is 9.10. The van der Waals surface area contributed by atoms with Gasteiger partial charge in [0.15, 0.2) is 0 Å². The van der Waals surface area contributed by atoms with Gasteiger partial charge in [-0.3, -0.25) is 4.98 Å². The Morgan fingerprint density at radius 1 is 1.11 bits per heavy atom. The molecule has 0 fully saturated rings. The number of aromatic nitrogens is 2. The molecule has 0 aliphatic heterocycles. The molecule has 0 bridgehead atoms. The maximum atomic E-state index is 6.46. The van der Waals surface area contributed by atoms with Crippen molar-refractivity contribution in [1.82, 2.24) is 9.97 Å². The minimum atomic E-state index is 0.729. The second-order valence-corrected chi connectivity index (χ2v) is 5.48. The number of benzene rings is 1. The summed E-state index contributed by atoms with van der Waals surface area (Å²) in [5, 5.41) is 1.68. The number of hydrogen-bond donors (Lipinski definition) is 0. The molecule has 0 N–H and O–H groups in total. The van der Waals surface area contributed by atoms with Crippen molar-refractivity contribution in [1.29, 1.82) is 0 Å². The van der Waals surface area contributed by atoms with Crippen LogP contribution in [0.1, 0.15) is 5.56 Å². The Bertz CT molecular complexity index is 757. The molecule has 94 valence electrons. The van der Waals surface area contributed by atoms with Gasteiger partial charge >= 0.3 is 0 Å². The molecule has 0 radical (unpaired) electrons. The van der Waals surface area contributed by atoms with E-state index in [-0.39, 0.29) is 0 Å². The van der Waals surface area contributed by atoms with Crippen LogP contribution in [0.5, 0.6) is 0 Å². The van der Waals surface area contributed by atoms with Crippen molar-refractivity contribution in [3.8, 4) is 11.4 Å². The number of hydrogen-bond acceptors (Lipinski definition) is 2. The standard InChI is InChI=1S/C15H10BrClN2/c1-9-13(17)10-5-4-6-11(16)15(10)19-14(9)12-7-2-3-8-18-12/h2-8H,1H3. The Balaban J connectivity index is 2.39. The molecule has 2 nitrogen and oxygen atoms in total. The first kappa shape index (κ1) is 12.6. The highest BCUT2D eigenvalue weighted by Gasteiger charge is 2.13. The highest BCUT2D eigenvalue weighted by Crippen LogP contribution is 2.34. The first-order valence-corrected chi connectivity index (χ1v) is 7.01. The van der Waals surface area contributed by atoms with Crippen LogP contribution < -0.4 is 0 Å². The topological polar surface area (TPSA) is 25.8 Å². The molecule has 3 aromatic rings. The monoisotopic (exact) mass is 332 g/mol. The van der Waals surface area contributed by atoms with Crippen LogP contribution in [0, 0.1) is 6.92 Å². The third kappa shape index (κ3) is 2.13. The molecule has 0 amide bonds. The molecule has 19 heavy (non-hydrogen) atoms. The van der Waals surface area contributed by atoms with Gasteiger partial charge in [-0.1, -0.05) is 29.8 Å². The lowest BCUT2D eigenvalue weighted by molar-refractivity contribution is 1.24. The third-order valence-electron chi connectivity index (χ3n) is 3.04. The van der Waals surface area contributed by atoms with Gasteiger partial charge in [0, 0.05) is 16.1 Å². The number of nitrogens with zero attached hydrogens (tertiary/aromatic N) is 2. The maximum absolute atomic E-state index is 6.46. The van der Waals surface area contributed by atoms with E-state index in [1.54, 1.807) is 6.20 Å². The summed E-state index contributed by atoms with van der Waals surface area (Å²) < 4.78 is 0.934. The minimum absolute atomic E-state index is 0.729. The summed E-state index contributed by atoms with van der Waals surface area (Å²) in [7, 11) is 0. The zero-order valence-electron chi connectivity index (χ0n) is 10.2. The van der Waals surface area contributed by atoms with Gasteiger partial charge in [-0.2, -0.15) is 0 Å². The lowest BCUT2D eigenvalue weighted by Gasteiger charge is -2.10. The fraction of sp³-hybridized carbons (Fsp3) is 0.0667. The molecule has 0 unspecified atom stereocenters. The van der Waals surface area contributed by atoms with Gasteiger partial charge in [-0.15, -0.1) is 0 Å². The van der Waals surface area contributed by atoms with E-state index in [2.05, 4.69) is 20.9 Å². The molecule has 2 heterocycles. The number of pyridine rings is 2. The van der Waals surface area contributed by atoms with Crippen LogP contribution in [0.4, 0.5) is 0 Å². The zero-order chi connectivity index (χ0) is 13.4. The van der Waals surface area contributed by atoms with Crippen molar-refractivity contribution in [3.63, 3.8) is 0 Å². The average Bonchev–Trinajstić information content (AvgIpc) is 2.44. The van der Waals surface area contributed by atoms with Crippen LogP contribution in [0.3, 0.4) is 0 Å². The second kappa shape index (κ2) is 4.91. The van der Waals surface area contributed by atoms with Crippen LogP contribution >= 0.6 is 27.5 Å². The number of para-hydroxylation sites is 1. The number of rotatable bonds is 1. The van der Waals surface area contributed by atoms with E-state index in [9.17, 15) is 0 Å². The second-order valence-electron chi connectivity index (χ2n) is 4.25. The van der Waals surface area contributed by atoms with Crippen LogP contribution in [0.15, 0.2) is 47.1 Å². The zero-order valence-corrected chi connectivity index (χ0v) is 12.5. The lowest BCUT2D eigenvalue weighted by Crippen LogP contribution is -1.94. The summed E-state index contributed by atoms with van der Waals surface area (Å²) >= 11 is 9.99. The fourth-order valence-electron chi connectivity index (χ4n) is 2.06. The van der Waals surface area contributed by atoms with Gasteiger partial charge in [0.25, 0.3) is 0 Å². The van der Waals surface area contributed by atoms with E-state index in [0.717, 1.165) is 37.3 Å². The predicted molar refractivity (Wildman–Crippen MR) is 82.4 cm³/mol. The molecule has 0 atom stereocenters. The first-order chi connectivity index (χ1) is 9.18. The summed E-state index contributed by atoms with van der Waals surface area (Å²) in [6.07, 6.45) is 1.76. The van der Waals surface area contributed by atoms with Crippen LogP contribution in [-0.2, 0) is 0 Å². The molecule has 1 aromatic carbocycles. The summed E-state index contributed by atoms with van der Waals surface area (Å²) in [4.78, 5) is 9.06. The molecule has 3 rings (SSSR count). The quantitative estimate of drug-likeness (QED) is 0.625. The molecular formula is C15H10BrClN2. The Hall–Kier alpha value is -1.45. The molecule has 2 aromatic heterocycles. The van der Waals surface area contributed by atoms with Gasteiger partial charge in [0.2, 0.25) is 0 Å². The van der Waals surface area contributed by atoms with E-state index < -0.39 is 0 Å². The van der Waals surface area contributed by atoms with Gasteiger partial charge in [0.05, 0.1) is 21.9 Å². The van der Waals surface area contributed by atoms with Crippen molar-refractivity contribution in [3.05, 3.63) is 57.7 Å². The van der Waals surface area contributed by atoms with E-state index in [1.165, 1.54) is 0 Å². The van der Waals surface area contributed by atoms with Gasteiger partial charge < -0.3 is 0 Å². The largest absolute Gasteiger partial charge is 0.255 e. The first-order valence-electron chi connectivity index (χ1n) is 5.84. The lowest BCUT2D eigenvalue weighted by atomic mass is 10.1. The fourth-order valence-corrected chi connectivity index (χ4v) is 2.76. The van der Waals surface area contributed by atoms with Gasteiger partial charge in [-0.25, -0.2) is 4.98 Å². The molecule has 0 spiro atoms. The van der Waals surface area contributed by atoms with Crippen molar-refractivity contribution in [2.75, 3.05) is 0 Å². The van der Waals surface area contributed by atoms with Gasteiger partial charge in [-0.05, 0) is 46.6 Å². The van der Waals surface area contributed by atoms with Crippen molar-refractivity contribution >= 4 is 38.4 Å². The molecule has 0 aliphatic carbocycles. The molecule has 0 aliphatic rings. The molecule has 0 saturated carbocycles. The molecule has 4 heteroatoms. The van der Waals surface area contributed by atoms with Crippen LogP contribution in [0.25, 0.3) is 22.3 Å². The predicted octanol–water partition coefficient (Wildman–Crippen LogP) is 5.02. The highest BCUT2D eigenvalue weighted by atomic mass is 79.9. The van der Waals surface area contributed by atoms with Crippen molar-refractivity contribution in [2.45, 2.75) is 6.92 Å². The van der Waals surface area contributed by atoms with E-state index in [0.29, 0.717) is 0 Å². The Labute approximate surface area is 124 Å². The van der Waals surface area contributed by atoms with Crippen molar-refractivity contribution in [2.24, 2.45) is 0 Å². The normalized spacial score (nSPS) is 10.9. The SMILES string of the molecule is Cc1c(-c2ccccn2)nc2c(Br)cccc2c1Cl. The summed E-state index contributed by atoms with van der Waals surface area (Å²) in [5.41, 5.74) is 3.47. The smallest absolute Gasteiger partial charge is 0.0938 e. The minimum Gasteiger partial charge on any atom is -0.255 e. The molecular weight excluding hydrogens is 324 g/mol. The Morgan fingerprint density at radius 2 is 1.95 bits per heavy atom. The number of halogens is 2. The van der Waals surface area contributed by atoms with Crippen LogP contribution in [-0.4, -0.2) is 9.97 Å². The van der Waals surface area contributed by atoms with E-state index in [1.807, 2.05) is 43.3 Å². The number of fused-ring (bicyclic) bond motifs is 1.